The third-order valence-electron chi connectivity index (χ3n) is 13.4. The summed E-state index contributed by atoms with van der Waals surface area (Å²) < 4.78 is 0. The number of hydrogen-bond acceptors (Lipinski definition) is 26. The highest BCUT2D eigenvalue weighted by molar-refractivity contribution is 6.83. The fourth-order valence-electron chi connectivity index (χ4n) is 6.12. The second-order valence-electron chi connectivity index (χ2n) is 28.0. The van der Waals surface area contributed by atoms with Gasteiger partial charge in [-0.15, -0.1) is 13.2 Å². The molecule has 0 amide bonds. The second-order valence-corrected chi connectivity index (χ2v) is 49.5. The van der Waals surface area contributed by atoms with Crippen LogP contribution in [0.15, 0.2) is 75.9 Å². The molecule has 0 fully saturated rings. The smallest absolute Gasteiger partial charge is 0.109 e. The standard InChI is InChI=1S/C11H25NOSi.C10H24N2OSi.C8H19NOSi.C7H18N2OSi.C7H15NO.C7H13NO.C6H14N2O.C6H12N2O.C5H12N2O.C4H10N2O/c1-6-14(7-2,8-3)11(13)9-12-10(4)5;1-6-14(7-2,8-3)10(13)9-11-12(4)5;1-7(2)9-6-8(10)11(3,4)5;1-9(2)8-6-7(10)11(3,4)5;2*1-4-7(9)5-8-6(2)3;2*1-4-6(9)5-7-8(2)3;1-5(8)4-6-7(2)3;1-6(2)5-3-4-7/h9-11,13H,6-8H2,1-5H3;9-10,13H,6-8H2,1-5H3;6-8,10H,1-5H3;6-7,10H,1-5H3;5-7,9H,4H2,1-3H3;4-7,9H,1H2,2-3H3;5-6,9H,4H2,1-3H3;4-6,9H,1H2,2-3H3;4-5,8H,1-3H3;3,7H,4H2,1-2H3. The summed E-state index contributed by atoms with van der Waals surface area (Å²) in [7, 11) is 16.0. The Hall–Kier alpha value is -4.55. The number of aliphatic hydroxyl groups is 10. The Bertz CT molecular complexity index is 1980. The van der Waals surface area contributed by atoms with Gasteiger partial charge < -0.3 is 81.1 Å². The maximum absolute atomic E-state index is 10.1. The zero-order valence-corrected chi connectivity index (χ0v) is 74.8. The van der Waals surface area contributed by atoms with Gasteiger partial charge in [-0.3, -0.25) is 20.0 Å². The summed E-state index contributed by atoms with van der Waals surface area (Å²) in [4.78, 5) is 16.4. The van der Waals surface area contributed by atoms with E-state index in [-0.39, 0.29) is 41.7 Å². The van der Waals surface area contributed by atoms with Crippen LogP contribution in [0.25, 0.3) is 0 Å². The van der Waals surface area contributed by atoms with Crippen LogP contribution in [0, 0.1) is 0 Å². The highest BCUT2D eigenvalue weighted by Crippen LogP contribution is 2.24. The molecule has 0 aromatic rings. The minimum atomic E-state index is -1.51. The largest absolute Gasteiger partial charge is 0.391 e. The Morgan fingerprint density at radius 2 is 0.554 bits per heavy atom. The molecule has 10 N–H and O–H groups in total. The van der Waals surface area contributed by atoms with Gasteiger partial charge in [0.15, 0.2) is 0 Å². The Balaban J connectivity index is -0.000000115. The Morgan fingerprint density at radius 1 is 0.317 bits per heavy atom. The normalized spacial score (nSPS) is 14.6. The number of rotatable bonds is 34. The Kier molecular flexibility index (Phi) is 85.9. The molecule has 30 heteroatoms. The van der Waals surface area contributed by atoms with E-state index in [1.54, 1.807) is 110 Å². The second kappa shape index (κ2) is 73.7. The van der Waals surface area contributed by atoms with Crippen LogP contribution in [0.5, 0.6) is 0 Å². The van der Waals surface area contributed by atoms with E-state index in [0.29, 0.717) is 18.1 Å². The van der Waals surface area contributed by atoms with Gasteiger partial charge >= 0.3 is 0 Å². The molecule has 0 aromatic carbocycles. The van der Waals surface area contributed by atoms with Gasteiger partial charge in [0.1, 0.15) is 12.2 Å². The van der Waals surface area contributed by atoms with Gasteiger partial charge in [0, 0.05) is 152 Å². The number of aliphatic hydroxyl groups excluding tert-OH is 10. The number of aliphatic imine (C=N–C) groups is 4. The van der Waals surface area contributed by atoms with E-state index in [0.717, 1.165) is 49.1 Å². The molecule has 0 rings (SSSR count). The molecule has 9 unspecified atom stereocenters. The van der Waals surface area contributed by atoms with Gasteiger partial charge in [0.25, 0.3) is 0 Å². The van der Waals surface area contributed by atoms with Gasteiger partial charge in [-0.05, 0) is 75.2 Å². The third kappa shape index (κ3) is 93.4. The van der Waals surface area contributed by atoms with Crippen LogP contribution in [0.3, 0.4) is 0 Å². The van der Waals surface area contributed by atoms with Crippen molar-refractivity contribution in [2.24, 2.45) is 50.6 Å². The lowest BCUT2D eigenvalue weighted by Gasteiger charge is -2.31. The van der Waals surface area contributed by atoms with Crippen molar-refractivity contribution in [1.29, 1.82) is 0 Å². The van der Waals surface area contributed by atoms with Crippen molar-refractivity contribution in [3.8, 4) is 0 Å². The van der Waals surface area contributed by atoms with Crippen molar-refractivity contribution < 1.29 is 51.1 Å². The Labute approximate surface area is 623 Å². The summed E-state index contributed by atoms with van der Waals surface area (Å²) in [5.74, 6) is 0. The molecule has 0 saturated heterocycles. The quantitative estimate of drug-likeness (QED) is 0.0124. The molecule has 0 aliphatic carbocycles. The molecule has 0 saturated carbocycles. The summed E-state index contributed by atoms with van der Waals surface area (Å²) in [6.07, 6.45) is 17.6. The average Bonchev–Trinajstić information content (AvgIpc) is 0.864. The van der Waals surface area contributed by atoms with Crippen molar-refractivity contribution in [2.75, 3.05) is 91.2 Å². The van der Waals surface area contributed by atoms with Gasteiger partial charge in [0.2, 0.25) is 0 Å². The maximum Gasteiger partial charge on any atom is 0.109 e. The van der Waals surface area contributed by atoms with Crippen LogP contribution in [0.1, 0.15) is 131 Å². The molecule has 0 radical (unpaired) electrons. The van der Waals surface area contributed by atoms with E-state index in [9.17, 15) is 20.4 Å². The van der Waals surface area contributed by atoms with Gasteiger partial charge in [0.05, 0.1) is 98.8 Å². The summed E-state index contributed by atoms with van der Waals surface area (Å²) in [6.45, 7) is 54.1. The molecular weight excluding hydrogens is 1350 g/mol. The minimum absolute atomic E-state index is 0.0121. The first kappa shape index (κ1) is 118. The van der Waals surface area contributed by atoms with Crippen LogP contribution < -0.4 is 0 Å². The summed E-state index contributed by atoms with van der Waals surface area (Å²) in [5, 5.41) is 125. The van der Waals surface area contributed by atoms with Crippen LogP contribution >= 0.6 is 0 Å². The van der Waals surface area contributed by atoms with Crippen molar-refractivity contribution in [3.63, 3.8) is 0 Å². The Morgan fingerprint density at radius 3 is 0.802 bits per heavy atom. The van der Waals surface area contributed by atoms with Crippen LogP contribution in [-0.4, -0.2) is 344 Å². The predicted molar refractivity (Wildman–Crippen MR) is 456 cm³/mol. The van der Waals surface area contributed by atoms with Crippen LogP contribution in [0.4, 0.5) is 0 Å². The molecule has 0 aliphatic rings. The highest BCUT2D eigenvalue weighted by Gasteiger charge is 2.35. The molecule has 0 heterocycles. The van der Waals surface area contributed by atoms with E-state index < -0.39 is 56.7 Å². The molecule has 0 aliphatic heterocycles. The van der Waals surface area contributed by atoms with E-state index >= 15 is 0 Å². The maximum atomic E-state index is 10.1. The van der Waals surface area contributed by atoms with Gasteiger partial charge in [-0.2, -0.15) is 30.6 Å². The van der Waals surface area contributed by atoms with E-state index in [1.165, 1.54) is 43.2 Å². The topological polar surface area (TPSA) is 345 Å². The number of nitrogens with zero attached hydrogens (tertiary/aromatic N) is 16. The summed E-state index contributed by atoms with van der Waals surface area (Å²) in [6, 6.07) is 7.94. The SMILES string of the molecule is C=CC(O)C=NC(C)C.C=CC(O)C=NN(C)C.CC(C)N=CC(O)[Si](C)(C)C.CC(O)C=NN(C)C.CCC(O)C=NC(C)C.CCC(O)C=NN(C)C.CC[Si](CC)(CC)C(O)C=NC(C)C.CC[Si](CC)(CC)C(O)C=NN(C)C.CN(C)N=CC(O)[Si](C)(C)C.CN(C)N=CCO. The molecule has 26 nitrogen and oxygen atoms in total. The van der Waals surface area contributed by atoms with E-state index in [1.807, 2.05) is 112 Å². The van der Waals surface area contributed by atoms with Crippen molar-refractivity contribution in [2.45, 2.75) is 284 Å². The molecule has 9 atom stereocenters. The number of hydrogen-bond donors (Lipinski definition) is 10. The third-order valence-corrected chi connectivity index (χ3v) is 28.5. The van der Waals surface area contributed by atoms with Crippen molar-refractivity contribution >= 4 is 94.4 Å². The lowest BCUT2D eigenvalue weighted by molar-refractivity contribution is 0.239. The van der Waals surface area contributed by atoms with Crippen molar-refractivity contribution in [3.05, 3.63) is 25.3 Å². The first-order valence-electron chi connectivity index (χ1n) is 35.7. The lowest BCUT2D eigenvalue weighted by Crippen LogP contribution is -2.47. The molecule has 602 valence electrons. The molecule has 0 spiro atoms. The molecule has 0 bridgehead atoms. The monoisotopic (exact) mass is 1510 g/mol. The highest BCUT2D eigenvalue weighted by atomic mass is 28.3. The zero-order valence-electron chi connectivity index (χ0n) is 70.8. The molecule has 101 heavy (non-hydrogen) atoms. The average molecular weight is 1510 g/mol. The first-order chi connectivity index (χ1) is 46.3. The van der Waals surface area contributed by atoms with E-state index in [2.05, 4.69) is 145 Å². The zero-order chi connectivity index (χ0) is 81.9. The summed E-state index contributed by atoms with van der Waals surface area (Å²) >= 11 is 0. The summed E-state index contributed by atoms with van der Waals surface area (Å²) in [5.41, 5.74) is -1.20. The van der Waals surface area contributed by atoms with E-state index in [4.69, 9.17) is 30.6 Å². The molecular formula is C71H162N16O10Si4. The van der Waals surface area contributed by atoms with Crippen LogP contribution in [-0.2, 0) is 0 Å². The fraction of sp³-hybridized carbons (Fsp3) is 0.803. The minimum Gasteiger partial charge on any atom is -0.391 e. The first-order valence-corrected chi connectivity index (χ1v) is 48.2. The lowest BCUT2D eigenvalue weighted by atomic mass is 10.3. The van der Waals surface area contributed by atoms with Gasteiger partial charge in [-0.25, -0.2) is 0 Å². The fourth-order valence-corrected chi connectivity index (χ4v) is 13.5. The van der Waals surface area contributed by atoms with Crippen LogP contribution in [0.2, 0.25) is 75.5 Å². The predicted octanol–water partition coefficient (Wildman–Crippen LogP) is 9.37. The number of hydrazone groups is 6. The van der Waals surface area contributed by atoms with Crippen molar-refractivity contribution in [1.82, 2.24) is 30.1 Å². The van der Waals surface area contributed by atoms with Gasteiger partial charge in [-0.1, -0.05) is 143 Å². The molecule has 0 aromatic heterocycles.